The normalized spacial score (nSPS) is 11.5. The van der Waals surface area contributed by atoms with Crippen molar-refractivity contribution in [2.75, 3.05) is 0 Å². The number of rotatable bonds is 7. The highest BCUT2D eigenvalue weighted by Gasteiger charge is 2.18. The van der Waals surface area contributed by atoms with Crippen LogP contribution in [0.2, 0.25) is 0 Å². The Kier molecular flexibility index (Phi) is 8.53. The lowest BCUT2D eigenvalue weighted by Gasteiger charge is -2.14. The van der Waals surface area contributed by atoms with E-state index < -0.39 is 0 Å². The van der Waals surface area contributed by atoms with E-state index in [1.165, 1.54) is 99.2 Å². The van der Waals surface area contributed by atoms with Crippen molar-refractivity contribution < 1.29 is 0 Å². The lowest BCUT2D eigenvalue weighted by molar-refractivity contribution is 1.18. The van der Waals surface area contributed by atoms with Crippen LogP contribution in [0.1, 0.15) is 0 Å². The molecular weight excluding hydrogens is 749 g/mol. The molecule has 0 N–H and O–H groups in total. The molecule has 2 heterocycles. The lowest BCUT2D eigenvalue weighted by Crippen LogP contribution is -1.96. The van der Waals surface area contributed by atoms with Crippen molar-refractivity contribution in [3.05, 3.63) is 243 Å². The van der Waals surface area contributed by atoms with E-state index in [1.807, 2.05) is 0 Å². The van der Waals surface area contributed by atoms with Crippen LogP contribution in [0.25, 0.3) is 111 Å². The van der Waals surface area contributed by atoms with Gasteiger partial charge < -0.3 is 9.13 Å². The zero-order valence-corrected chi connectivity index (χ0v) is 34.0. The monoisotopic (exact) mass is 788 g/mol. The third-order valence-corrected chi connectivity index (χ3v) is 12.5. The quantitative estimate of drug-likeness (QED) is 0.152. The van der Waals surface area contributed by atoms with Gasteiger partial charge in [-0.25, -0.2) is 0 Å². The smallest absolute Gasteiger partial charge is 0.0541 e. The molecule has 0 radical (unpaired) electrons. The van der Waals surface area contributed by atoms with Crippen LogP contribution in [0.4, 0.5) is 0 Å². The summed E-state index contributed by atoms with van der Waals surface area (Å²) in [6.07, 6.45) is 0. The Balaban J connectivity index is 1.04. The third-order valence-electron chi connectivity index (χ3n) is 12.5. The Morgan fingerprint density at radius 2 is 0.500 bits per heavy atom. The molecule has 12 rings (SSSR count). The van der Waals surface area contributed by atoms with Crippen LogP contribution in [0, 0.1) is 0 Å². The van der Waals surface area contributed by atoms with Crippen LogP contribution in [0.5, 0.6) is 0 Å². The van der Waals surface area contributed by atoms with Crippen LogP contribution < -0.4 is 0 Å². The number of aromatic nitrogens is 2. The minimum absolute atomic E-state index is 1.14. The van der Waals surface area contributed by atoms with Crippen LogP contribution in [-0.4, -0.2) is 9.13 Å². The average molecular weight is 789 g/mol. The topological polar surface area (TPSA) is 9.86 Å². The summed E-state index contributed by atoms with van der Waals surface area (Å²) in [4.78, 5) is 0. The number of hydrogen-bond acceptors (Lipinski definition) is 0. The van der Waals surface area contributed by atoms with E-state index in [-0.39, 0.29) is 0 Å². The van der Waals surface area contributed by atoms with Crippen molar-refractivity contribution in [3.8, 4) is 67.0 Å². The summed E-state index contributed by atoms with van der Waals surface area (Å²) in [7, 11) is 0. The molecule has 0 saturated carbocycles. The molecule has 0 aliphatic heterocycles. The van der Waals surface area contributed by atoms with E-state index in [4.69, 9.17) is 0 Å². The SMILES string of the molecule is c1ccc(-c2ccc(-n3c4ccccc4c4cc(-c5ccc6c(c5)c5cc(-c7ccccc7)ccc5n6-c5cc(-c6ccccc6)cc(-c6ccccc6)c5)ccc43)cc2)cc1. The zero-order valence-electron chi connectivity index (χ0n) is 34.0. The van der Waals surface area contributed by atoms with E-state index in [1.54, 1.807) is 0 Å². The molecule has 0 bridgehead atoms. The predicted molar refractivity (Wildman–Crippen MR) is 262 cm³/mol. The first-order chi connectivity index (χ1) is 30.7. The average Bonchev–Trinajstić information content (AvgIpc) is 3.87. The van der Waals surface area contributed by atoms with Gasteiger partial charge in [-0.15, -0.1) is 0 Å². The van der Waals surface area contributed by atoms with E-state index in [0.29, 0.717) is 0 Å². The summed E-state index contributed by atoms with van der Waals surface area (Å²) in [5.41, 5.74) is 19.0. The number of hydrogen-bond donors (Lipinski definition) is 0. The molecule has 0 amide bonds. The van der Waals surface area contributed by atoms with Gasteiger partial charge in [-0.1, -0.05) is 170 Å². The van der Waals surface area contributed by atoms with Crippen molar-refractivity contribution in [3.63, 3.8) is 0 Å². The Morgan fingerprint density at radius 1 is 0.177 bits per heavy atom. The van der Waals surface area contributed by atoms with Gasteiger partial charge in [0.2, 0.25) is 0 Å². The Bertz CT molecular complexity index is 3520. The van der Waals surface area contributed by atoms with Crippen LogP contribution in [0.3, 0.4) is 0 Å². The molecule has 2 nitrogen and oxygen atoms in total. The molecule has 10 aromatic carbocycles. The number of benzene rings is 10. The first-order valence-corrected chi connectivity index (χ1v) is 21.3. The Morgan fingerprint density at radius 3 is 0.984 bits per heavy atom. The molecular formula is C60H40N2. The van der Waals surface area contributed by atoms with Gasteiger partial charge in [0.1, 0.15) is 0 Å². The fourth-order valence-electron chi connectivity index (χ4n) is 9.49. The molecule has 62 heavy (non-hydrogen) atoms. The molecule has 0 atom stereocenters. The minimum Gasteiger partial charge on any atom is -0.309 e. The summed E-state index contributed by atoms with van der Waals surface area (Å²) in [6, 6.07) is 88.5. The Labute approximate surface area is 360 Å². The van der Waals surface area contributed by atoms with Crippen LogP contribution >= 0.6 is 0 Å². The molecule has 0 fully saturated rings. The third kappa shape index (κ3) is 6.12. The van der Waals surface area contributed by atoms with E-state index in [0.717, 1.165) is 11.4 Å². The van der Waals surface area contributed by atoms with Gasteiger partial charge >= 0.3 is 0 Å². The van der Waals surface area contributed by atoms with Crippen molar-refractivity contribution in [1.29, 1.82) is 0 Å². The first-order valence-electron chi connectivity index (χ1n) is 21.3. The summed E-state index contributed by atoms with van der Waals surface area (Å²) < 4.78 is 4.86. The maximum atomic E-state index is 2.46. The molecule has 0 spiro atoms. The zero-order chi connectivity index (χ0) is 41.0. The molecule has 12 aromatic rings. The van der Waals surface area contributed by atoms with E-state index >= 15 is 0 Å². The number of para-hydroxylation sites is 1. The highest BCUT2D eigenvalue weighted by atomic mass is 15.0. The van der Waals surface area contributed by atoms with Gasteiger partial charge in [0.25, 0.3) is 0 Å². The minimum atomic E-state index is 1.14. The molecule has 0 saturated heterocycles. The van der Waals surface area contributed by atoms with Crippen molar-refractivity contribution in [2.45, 2.75) is 0 Å². The van der Waals surface area contributed by atoms with Crippen molar-refractivity contribution in [2.24, 2.45) is 0 Å². The van der Waals surface area contributed by atoms with Crippen LogP contribution in [0.15, 0.2) is 243 Å². The van der Waals surface area contributed by atoms with Crippen molar-refractivity contribution in [1.82, 2.24) is 9.13 Å². The molecule has 2 heteroatoms. The largest absolute Gasteiger partial charge is 0.309 e. The standard InChI is InChI=1S/C60H40N2/c1-5-15-41(16-6-1)45-25-30-51(31-26-45)61-57-24-14-13-23-53(57)54-39-47(28-33-58(54)61)48-29-34-60-56(40-48)55-38-46(42-17-7-2-8-18-42)27-32-59(55)62(60)52-36-49(43-19-9-3-10-20-43)35-50(37-52)44-21-11-4-12-22-44/h1-40H. The van der Waals surface area contributed by atoms with E-state index in [2.05, 4.69) is 252 Å². The van der Waals surface area contributed by atoms with Gasteiger partial charge in [-0.2, -0.15) is 0 Å². The molecule has 2 aromatic heterocycles. The molecule has 0 aliphatic carbocycles. The maximum Gasteiger partial charge on any atom is 0.0541 e. The highest BCUT2D eigenvalue weighted by Crippen LogP contribution is 2.41. The van der Waals surface area contributed by atoms with Gasteiger partial charge in [-0.05, 0) is 128 Å². The van der Waals surface area contributed by atoms with Crippen molar-refractivity contribution >= 4 is 43.6 Å². The summed E-state index contributed by atoms with van der Waals surface area (Å²) >= 11 is 0. The predicted octanol–water partition coefficient (Wildman–Crippen LogP) is 16.2. The summed E-state index contributed by atoms with van der Waals surface area (Å²) in [5.74, 6) is 0. The fraction of sp³-hybridized carbons (Fsp3) is 0. The molecule has 0 aliphatic rings. The second-order valence-electron chi connectivity index (χ2n) is 16.2. The first kappa shape index (κ1) is 35.7. The summed E-state index contributed by atoms with van der Waals surface area (Å²) in [5, 5.41) is 4.94. The fourth-order valence-corrected chi connectivity index (χ4v) is 9.49. The van der Waals surface area contributed by atoms with Gasteiger partial charge in [0.05, 0.1) is 22.1 Å². The van der Waals surface area contributed by atoms with Gasteiger partial charge in [0.15, 0.2) is 0 Å². The second-order valence-corrected chi connectivity index (χ2v) is 16.2. The van der Waals surface area contributed by atoms with Gasteiger partial charge in [0, 0.05) is 32.9 Å². The number of nitrogens with zero attached hydrogens (tertiary/aromatic N) is 2. The molecule has 0 unspecified atom stereocenters. The highest BCUT2D eigenvalue weighted by molar-refractivity contribution is 6.13. The second kappa shape index (κ2) is 14.8. The summed E-state index contributed by atoms with van der Waals surface area (Å²) in [6.45, 7) is 0. The lowest BCUT2D eigenvalue weighted by atomic mass is 9.98. The van der Waals surface area contributed by atoms with Gasteiger partial charge in [-0.3, -0.25) is 0 Å². The maximum absolute atomic E-state index is 2.46. The molecule has 290 valence electrons. The van der Waals surface area contributed by atoms with E-state index in [9.17, 15) is 0 Å². The number of fused-ring (bicyclic) bond motifs is 6. The van der Waals surface area contributed by atoms with Crippen LogP contribution in [-0.2, 0) is 0 Å². The Hall–Kier alpha value is -8.20.